The summed E-state index contributed by atoms with van der Waals surface area (Å²) in [6.45, 7) is 0.917. The van der Waals surface area contributed by atoms with Crippen molar-refractivity contribution in [2.75, 3.05) is 30.9 Å². The second-order valence-corrected chi connectivity index (χ2v) is 10.1. The van der Waals surface area contributed by atoms with Crippen molar-refractivity contribution in [3.8, 4) is 11.5 Å². The van der Waals surface area contributed by atoms with Gasteiger partial charge in [0.15, 0.2) is 0 Å². The first-order valence-electron chi connectivity index (χ1n) is 13.0. The van der Waals surface area contributed by atoms with Crippen LogP contribution < -0.4 is 20.3 Å². The minimum atomic E-state index is 0.303. The van der Waals surface area contributed by atoms with E-state index in [1.54, 1.807) is 0 Å². The van der Waals surface area contributed by atoms with E-state index in [1.165, 1.54) is 11.1 Å². The number of rotatable bonds is 6. The minimum Gasteiger partial charge on any atom is -0.457 e. The molecular weight excluding hydrogens is 446 g/mol. The summed E-state index contributed by atoms with van der Waals surface area (Å²) in [4.78, 5) is 11.7. The number of para-hydroxylation sites is 3. The standard InChI is InChI=1S/C30H33N5O/c1-35(2)29-24-11-3-6-12-26(24)33-30(34-29)32-21-17-15-20(16-18-21)31-19-25-22-9-4-7-13-27(22)36-28-14-8-5-10-23(25)28/h3-14,20-21,25,31H,15-19H2,1-2H3,(H,32,33,34)/t20-,21+. The number of aromatic nitrogens is 2. The molecular formula is C30H33N5O. The number of nitrogens with one attached hydrogen (secondary N) is 2. The molecule has 4 aromatic rings. The third-order valence-electron chi connectivity index (χ3n) is 7.49. The van der Waals surface area contributed by atoms with Gasteiger partial charge in [-0.15, -0.1) is 0 Å². The Kier molecular flexibility index (Phi) is 6.20. The van der Waals surface area contributed by atoms with Gasteiger partial charge in [-0.05, 0) is 49.9 Å². The Morgan fingerprint density at radius 1 is 0.778 bits per heavy atom. The fourth-order valence-electron chi connectivity index (χ4n) is 5.60. The lowest BCUT2D eigenvalue weighted by molar-refractivity contribution is 0.346. The van der Waals surface area contributed by atoms with E-state index in [0.29, 0.717) is 18.0 Å². The molecule has 0 amide bonds. The molecule has 2 N–H and O–H groups in total. The smallest absolute Gasteiger partial charge is 0.225 e. The third-order valence-corrected chi connectivity index (χ3v) is 7.49. The van der Waals surface area contributed by atoms with Crippen LogP contribution in [0.25, 0.3) is 10.9 Å². The number of nitrogens with zero attached hydrogens (tertiary/aromatic N) is 3. The maximum atomic E-state index is 6.17. The Labute approximate surface area is 212 Å². The predicted octanol–water partition coefficient (Wildman–Crippen LogP) is 5.95. The van der Waals surface area contributed by atoms with Gasteiger partial charge in [0.25, 0.3) is 0 Å². The van der Waals surface area contributed by atoms with Crippen molar-refractivity contribution in [2.45, 2.75) is 43.7 Å². The summed E-state index contributed by atoms with van der Waals surface area (Å²) in [6, 6.07) is 26.0. The molecule has 6 heteroatoms. The highest BCUT2D eigenvalue weighted by Crippen LogP contribution is 2.43. The van der Waals surface area contributed by atoms with Crippen LogP contribution in [0.1, 0.15) is 42.7 Å². The Morgan fingerprint density at radius 3 is 2.08 bits per heavy atom. The van der Waals surface area contributed by atoms with E-state index in [-0.39, 0.29) is 0 Å². The van der Waals surface area contributed by atoms with E-state index >= 15 is 0 Å². The Bertz CT molecular complexity index is 1320. The molecule has 0 atom stereocenters. The summed E-state index contributed by atoms with van der Waals surface area (Å²) in [5.74, 6) is 3.93. The van der Waals surface area contributed by atoms with Crippen molar-refractivity contribution in [1.29, 1.82) is 0 Å². The van der Waals surface area contributed by atoms with Crippen LogP contribution in [0.5, 0.6) is 11.5 Å². The molecule has 1 saturated carbocycles. The molecule has 0 radical (unpaired) electrons. The van der Waals surface area contributed by atoms with E-state index in [4.69, 9.17) is 14.7 Å². The maximum absolute atomic E-state index is 6.17. The highest BCUT2D eigenvalue weighted by atomic mass is 16.5. The van der Waals surface area contributed by atoms with Gasteiger partial charge < -0.3 is 20.3 Å². The quantitative estimate of drug-likeness (QED) is 0.357. The molecule has 1 aromatic heterocycles. The number of hydrogen-bond donors (Lipinski definition) is 2. The summed E-state index contributed by atoms with van der Waals surface area (Å²) in [5.41, 5.74) is 3.51. The summed E-state index contributed by atoms with van der Waals surface area (Å²) in [6.07, 6.45) is 4.48. The van der Waals surface area contributed by atoms with Crippen molar-refractivity contribution >= 4 is 22.7 Å². The van der Waals surface area contributed by atoms with Crippen molar-refractivity contribution in [3.05, 3.63) is 83.9 Å². The van der Waals surface area contributed by atoms with E-state index in [2.05, 4.69) is 64.1 Å². The fourth-order valence-corrected chi connectivity index (χ4v) is 5.60. The zero-order valence-electron chi connectivity index (χ0n) is 20.9. The zero-order valence-corrected chi connectivity index (χ0v) is 20.9. The first-order valence-corrected chi connectivity index (χ1v) is 13.0. The molecule has 1 aliphatic carbocycles. The minimum absolute atomic E-state index is 0.303. The summed E-state index contributed by atoms with van der Waals surface area (Å²) in [7, 11) is 4.06. The highest BCUT2D eigenvalue weighted by Gasteiger charge is 2.28. The molecule has 2 aliphatic rings. The lowest BCUT2D eigenvalue weighted by atomic mass is 9.86. The molecule has 6 nitrogen and oxygen atoms in total. The van der Waals surface area contributed by atoms with E-state index in [1.807, 2.05) is 38.4 Å². The molecule has 3 aromatic carbocycles. The molecule has 0 bridgehead atoms. The number of fused-ring (bicyclic) bond motifs is 3. The van der Waals surface area contributed by atoms with Crippen LogP contribution >= 0.6 is 0 Å². The average molecular weight is 480 g/mol. The molecule has 184 valence electrons. The topological polar surface area (TPSA) is 62.3 Å². The third kappa shape index (κ3) is 4.49. The van der Waals surface area contributed by atoms with Gasteiger partial charge in [0.05, 0.1) is 5.52 Å². The number of anilines is 2. The van der Waals surface area contributed by atoms with Gasteiger partial charge >= 0.3 is 0 Å². The van der Waals surface area contributed by atoms with Gasteiger partial charge in [-0.25, -0.2) is 4.98 Å². The van der Waals surface area contributed by atoms with E-state index < -0.39 is 0 Å². The van der Waals surface area contributed by atoms with Crippen LogP contribution in [0.3, 0.4) is 0 Å². The molecule has 0 unspecified atom stereocenters. The van der Waals surface area contributed by atoms with Gasteiger partial charge in [-0.3, -0.25) is 0 Å². The van der Waals surface area contributed by atoms with Gasteiger partial charge in [0.2, 0.25) is 5.95 Å². The van der Waals surface area contributed by atoms with Gasteiger partial charge in [0.1, 0.15) is 17.3 Å². The number of hydrogen-bond acceptors (Lipinski definition) is 6. The Balaban J connectivity index is 1.10. The first-order chi connectivity index (χ1) is 17.7. The fraction of sp³-hybridized carbons (Fsp3) is 0.333. The number of ether oxygens (including phenoxy) is 1. The number of benzene rings is 3. The largest absolute Gasteiger partial charge is 0.457 e. The molecule has 0 saturated heterocycles. The lowest BCUT2D eigenvalue weighted by Gasteiger charge is -2.33. The van der Waals surface area contributed by atoms with Crippen LogP contribution in [0, 0.1) is 0 Å². The van der Waals surface area contributed by atoms with Crippen molar-refractivity contribution in [1.82, 2.24) is 15.3 Å². The van der Waals surface area contributed by atoms with Crippen LogP contribution in [-0.2, 0) is 0 Å². The van der Waals surface area contributed by atoms with Gasteiger partial charge in [0, 0.05) is 55.2 Å². The summed E-state index contributed by atoms with van der Waals surface area (Å²) in [5, 5.41) is 8.59. The van der Waals surface area contributed by atoms with Crippen molar-refractivity contribution < 1.29 is 4.74 Å². The van der Waals surface area contributed by atoms with E-state index in [0.717, 1.165) is 66.4 Å². The first kappa shape index (κ1) is 22.8. The predicted molar refractivity (Wildman–Crippen MR) is 146 cm³/mol. The molecule has 1 fully saturated rings. The maximum Gasteiger partial charge on any atom is 0.225 e. The second-order valence-electron chi connectivity index (χ2n) is 10.1. The van der Waals surface area contributed by atoms with Crippen molar-refractivity contribution in [3.63, 3.8) is 0 Å². The zero-order chi connectivity index (χ0) is 24.5. The molecule has 1 aliphatic heterocycles. The molecule has 36 heavy (non-hydrogen) atoms. The van der Waals surface area contributed by atoms with Crippen LogP contribution in [-0.4, -0.2) is 42.7 Å². The second kappa shape index (κ2) is 9.78. The normalized spacial score (nSPS) is 19.3. The summed E-state index contributed by atoms with van der Waals surface area (Å²) >= 11 is 0. The Hall–Kier alpha value is -3.64. The SMILES string of the molecule is CN(C)c1nc(N[C@H]2CC[C@@H](NCC3c4ccccc4Oc4ccccc43)CC2)nc2ccccc12. The van der Waals surface area contributed by atoms with Crippen molar-refractivity contribution in [2.24, 2.45) is 0 Å². The van der Waals surface area contributed by atoms with Gasteiger partial charge in [-0.1, -0.05) is 48.5 Å². The van der Waals surface area contributed by atoms with Gasteiger partial charge in [-0.2, -0.15) is 4.98 Å². The Morgan fingerprint density at radius 2 is 1.39 bits per heavy atom. The molecule has 0 spiro atoms. The monoisotopic (exact) mass is 479 g/mol. The highest BCUT2D eigenvalue weighted by molar-refractivity contribution is 5.90. The van der Waals surface area contributed by atoms with E-state index in [9.17, 15) is 0 Å². The lowest BCUT2D eigenvalue weighted by Crippen LogP contribution is -2.39. The summed E-state index contributed by atoms with van der Waals surface area (Å²) < 4.78 is 6.17. The van der Waals surface area contributed by atoms with Crippen LogP contribution in [0.15, 0.2) is 72.8 Å². The molecule has 6 rings (SSSR count). The van der Waals surface area contributed by atoms with Crippen LogP contribution in [0.4, 0.5) is 11.8 Å². The molecule has 2 heterocycles. The van der Waals surface area contributed by atoms with Crippen LogP contribution in [0.2, 0.25) is 0 Å². The average Bonchev–Trinajstić information content (AvgIpc) is 2.91.